The van der Waals surface area contributed by atoms with Crippen LogP contribution < -0.4 is 0 Å². The van der Waals surface area contributed by atoms with E-state index >= 15 is 0 Å². The molecule has 0 aromatic heterocycles. The van der Waals surface area contributed by atoms with Crippen LogP contribution in [0.3, 0.4) is 0 Å². The highest BCUT2D eigenvalue weighted by molar-refractivity contribution is 5.71. The monoisotopic (exact) mass is 927 g/mol. The Morgan fingerprint density at radius 1 is 0.303 bits per heavy atom. The molecule has 0 radical (unpaired) electrons. The van der Waals surface area contributed by atoms with Gasteiger partial charge in [0.1, 0.15) is 13.2 Å². The Balaban J connectivity index is 4.33. The second kappa shape index (κ2) is 55.2. The average Bonchev–Trinajstić information content (AvgIpc) is 3.31. The van der Waals surface area contributed by atoms with Crippen molar-refractivity contribution in [2.45, 2.75) is 316 Å². The number of hydrogen-bond donors (Lipinski definition) is 0. The number of esters is 3. The summed E-state index contributed by atoms with van der Waals surface area (Å²) >= 11 is 0. The molecule has 0 heterocycles. The van der Waals surface area contributed by atoms with Crippen LogP contribution in [-0.4, -0.2) is 37.2 Å². The molecule has 0 aliphatic heterocycles. The first-order chi connectivity index (χ1) is 32.5. The Hall–Kier alpha value is -2.37. The molecule has 6 nitrogen and oxygen atoms in total. The molecule has 386 valence electrons. The van der Waals surface area contributed by atoms with Gasteiger partial charge in [0.25, 0.3) is 0 Å². The van der Waals surface area contributed by atoms with Crippen molar-refractivity contribution in [3.05, 3.63) is 36.5 Å². The first-order valence-electron chi connectivity index (χ1n) is 29.0. The lowest BCUT2D eigenvalue weighted by molar-refractivity contribution is -0.167. The van der Waals surface area contributed by atoms with Crippen LogP contribution in [0.15, 0.2) is 36.5 Å². The summed E-state index contributed by atoms with van der Waals surface area (Å²) in [6, 6.07) is 0. The van der Waals surface area contributed by atoms with E-state index in [9.17, 15) is 14.4 Å². The van der Waals surface area contributed by atoms with E-state index < -0.39 is 6.10 Å². The van der Waals surface area contributed by atoms with Gasteiger partial charge >= 0.3 is 17.9 Å². The van der Waals surface area contributed by atoms with Crippen LogP contribution in [0.4, 0.5) is 0 Å². The predicted octanol–water partition coefficient (Wildman–Crippen LogP) is 19.3. The number of ether oxygens (including phenoxy) is 3. The number of carbonyl (C=O) groups excluding carboxylic acids is 3. The maximum Gasteiger partial charge on any atom is 0.306 e. The Kier molecular flexibility index (Phi) is 53.2. The normalized spacial score (nSPS) is 12.2. The van der Waals surface area contributed by atoms with Crippen molar-refractivity contribution in [1.82, 2.24) is 0 Å². The summed E-state index contributed by atoms with van der Waals surface area (Å²) in [5.74, 6) is -0.866. The van der Waals surface area contributed by atoms with E-state index in [1.807, 2.05) is 0 Å². The molecule has 0 saturated carbocycles. The molecule has 0 aliphatic rings. The maximum absolute atomic E-state index is 12.8. The molecule has 0 unspecified atom stereocenters. The lowest BCUT2D eigenvalue weighted by Gasteiger charge is -2.18. The van der Waals surface area contributed by atoms with E-state index in [2.05, 4.69) is 57.2 Å². The number of unbranched alkanes of at least 4 members (excludes halogenated alkanes) is 36. The number of rotatable bonds is 53. The lowest BCUT2D eigenvalue weighted by Crippen LogP contribution is -2.30. The minimum atomic E-state index is -0.773. The molecule has 6 heteroatoms. The van der Waals surface area contributed by atoms with Crippen molar-refractivity contribution >= 4 is 17.9 Å². The summed E-state index contributed by atoms with van der Waals surface area (Å²) in [5.41, 5.74) is 0. The Morgan fingerprint density at radius 2 is 0.545 bits per heavy atom. The third-order valence-corrected chi connectivity index (χ3v) is 12.9. The van der Waals surface area contributed by atoms with Gasteiger partial charge in [0, 0.05) is 19.3 Å². The van der Waals surface area contributed by atoms with E-state index in [-0.39, 0.29) is 31.1 Å². The molecule has 0 spiro atoms. The average molecular weight is 928 g/mol. The summed E-state index contributed by atoms with van der Waals surface area (Å²) in [6.07, 6.45) is 65.6. The minimum absolute atomic E-state index is 0.0715. The molecule has 0 aromatic carbocycles. The minimum Gasteiger partial charge on any atom is -0.462 e. The van der Waals surface area contributed by atoms with Gasteiger partial charge in [-0.3, -0.25) is 14.4 Å². The van der Waals surface area contributed by atoms with Crippen LogP contribution in [0.1, 0.15) is 310 Å². The zero-order valence-electron chi connectivity index (χ0n) is 44.2. The van der Waals surface area contributed by atoms with Gasteiger partial charge in [0.05, 0.1) is 0 Å². The standard InChI is InChI=1S/C60H110O6/c1-4-7-10-13-16-19-22-25-27-29-30-32-33-35-38-41-44-47-50-53-59(62)65-56-57(55-64-58(61)52-49-46-43-40-37-24-21-18-15-12-9-6-3)66-60(63)54-51-48-45-42-39-36-34-31-28-26-23-20-17-14-11-8-5-2/h16,19,25,27,30,32,57H,4-15,17-18,20-24,26,28-29,31,33-56H2,1-3H3/b19-16-,27-25-,32-30-/t57-/m1/s1. The third kappa shape index (κ3) is 52.6. The maximum atomic E-state index is 12.8. The number of allylic oxidation sites excluding steroid dienone is 6. The van der Waals surface area contributed by atoms with Crippen LogP contribution in [0, 0.1) is 0 Å². The van der Waals surface area contributed by atoms with E-state index in [0.717, 1.165) is 77.0 Å². The quantitative estimate of drug-likeness (QED) is 0.0262. The smallest absolute Gasteiger partial charge is 0.306 e. The van der Waals surface area contributed by atoms with Crippen LogP contribution in [-0.2, 0) is 28.6 Å². The third-order valence-electron chi connectivity index (χ3n) is 12.9. The molecule has 0 N–H and O–H groups in total. The SMILES string of the molecule is CCCCC/C=C\C/C=C\C/C=C\CCCCCCCCC(=O)OC[C@@H](COC(=O)CCCCCCCCCCCCCC)OC(=O)CCCCCCCCCCCCCCCCCCC. The molecule has 66 heavy (non-hydrogen) atoms. The van der Waals surface area contributed by atoms with Gasteiger partial charge in [-0.05, 0) is 57.8 Å². The molecule has 0 bridgehead atoms. The van der Waals surface area contributed by atoms with E-state index in [1.54, 1.807) is 0 Å². The van der Waals surface area contributed by atoms with Crippen LogP contribution in [0.5, 0.6) is 0 Å². The zero-order chi connectivity index (χ0) is 47.9. The highest BCUT2D eigenvalue weighted by atomic mass is 16.6. The first kappa shape index (κ1) is 63.6. The molecule has 0 aliphatic carbocycles. The predicted molar refractivity (Wildman–Crippen MR) is 284 cm³/mol. The van der Waals surface area contributed by atoms with Crippen molar-refractivity contribution < 1.29 is 28.6 Å². The topological polar surface area (TPSA) is 78.9 Å². The van der Waals surface area contributed by atoms with E-state index in [1.165, 1.54) is 193 Å². The first-order valence-corrected chi connectivity index (χ1v) is 29.0. The fourth-order valence-corrected chi connectivity index (χ4v) is 8.51. The van der Waals surface area contributed by atoms with Crippen molar-refractivity contribution in [2.75, 3.05) is 13.2 Å². The fourth-order valence-electron chi connectivity index (χ4n) is 8.51. The fraction of sp³-hybridized carbons (Fsp3) is 0.850. The van der Waals surface area contributed by atoms with Gasteiger partial charge in [-0.2, -0.15) is 0 Å². The lowest BCUT2D eigenvalue weighted by atomic mass is 10.0. The van der Waals surface area contributed by atoms with E-state index in [0.29, 0.717) is 19.3 Å². The van der Waals surface area contributed by atoms with Gasteiger partial charge in [-0.15, -0.1) is 0 Å². The second-order valence-corrected chi connectivity index (χ2v) is 19.6. The molecule has 1 atom stereocenters. The summed E-state index contributed by atoms with van der Waals surface area (Å²) in [7, 11) is 0. The Morgan fingerprint density at radius 3 is 0.879 bits per heavy atom. The highest BCUT2D eigenvalue weighted by Crippen LogP contribution is 2.17. The summed E-state index contributed by atoms with van der Waals surface area (Å²) < 4.78 is 16.9. The molecule has 0 aromatic rings. The highest BCUT2D eigenvalue weighted by Gasteiger charge is 2.19. The molecule has 0 fully saturated rings. The van der Waals surface area contributed by atoms with Gasteiger partial charge in [-0.1, -0.05) is 269 Å². The van der Waals surface area contributed by atoms with Crippen molar-refractivity contribution in [1.29, 1.82) is 0 Å². The zero-order valence-corrected chi connectivity index (χ0v) is 44.2. The summed E-state index contributed by atoms with van der Waals surface area (Å²) in [4.78, 5) is 38.1. The molecular weight excluding hydrogens is 817 g/mol. The Bertz CT molecular complexity index is 1110. The number of carbonyl (C=O) groups is 3. The van der Waals surface area contributed by atoms with Crippen molar-refractivity contribution in [3.63, 3.8) is 0 Å². The molecule has 0 amide bonds. The van der Waals surface area contributed by atoms with Gasteiger partial charge in [0.15, 0.2) is 6.10 Å². The van der Waals surface area contributed by atoms with Gasteiger partial charge in [-0.25, -0.2) is 0 Å². The van der Waals surface area contributed by atoms with Crippen molar-refractivity contribution in [2.24, 2.45) is 0 Å². The van der Waals surface area contributed by atoms with Gasteiger partial charge in [0.2, 0.25) is 0 Å². The van der Waals surface area contributed by atoms with Crippen molar-refractivity contribution in [3.8, 4) is 0 Å². The largest absolute Gasteiger partial charge is 0.462 e. The second-order valence-electron chi connectivity index (χ2n) is 19.6. The molecule has 0 rings (SSSR count). The van der Waals surface area contributed by atoms with Crippen LogP contribution in [0.25, 0.3) is 0 Å². The summed E-state index contributed by atoms with van der Waals surface area (Å²) in [6.45, 7) is 6.64. The number of hydrogen-bond acceptors (Lipinski definition) is 6. The van der Waals surface area contributed by atoms with Gasteiger partial charge < -0.3 is 14.2 Å². The molecule has 0 saturated heterocycles. The summed E-state index contributed by atoms with van der Waals surface area (Å²) in [5, 5.41) is 0. The van der Waals surface area contributed by atoms with Crippen LogP contribution >= 0.6 is 0 Å². The molecular formula is C60H110O6. The Labute approximate surface area is 410 Å². The van der Waals surface area contributed by atoms with Crippen LogP contribution in [0.2, 0.25) is 0 Å². The van der Waals surface area contributed by atoms with E-state index in [4.69, 9.17) is 14.2 Å².